The molecule has 9 aromatic rings. The molecule has 0 aliphatic carbocycles. The molecule has 2 aromatic heterocycles. The Hall–Kier alpha value is -6.32. The second-order valence-electron chi connectivity index (χ2n) is 11.8. The molecule has 9 rings (SSSR count). The Morgan fingerprint density at radius 1 is 0.383 bits per heavy atom. The first-order valence-corrected chi connectivity index (χ1v) is 15.9. The summed E-state index contributed by atoms with van der Waals surface area (Å²) in [5.41, 5.74) is 12.0. The van der Waals surface area contributed by atoms with Crippen LogP contribution in [0.1, 0.15) is 0 Å². The van der Waals surface area contributed by atoms with Gasteiger partial charge in [-0.2, -0.15) is 0 Å². The van der Waals surface area contributed by atoms with E-state index in [1.807, 2.05) is 12.1 Å². The number of imidazole rings is 1. The standard InChI is InChI=1S/C44H29N3/c1-4-14-30(15-5-1)37-28-39-38(31-16-6-2-7-17-31)29-41(45-43(39)36-21-11-10-20-35(36)37)32-24-26-34(27-25-32)47-42-23-13-12-22-40(42)46-44(47)33-18-8-3-9-19-33/h1-29H. The van der Waals surface area contributed by atoms with Gasteiger partial charge >= 0.3 is 0 Å². The first-order valence-electron chi connectivity index (χ1n) is 15.9. The number of hydrogen-bond donors (Lipinski definition) is 0. The first-order chi connectivity index (χ1) is 23.3. The third-order valence-corrected chi connectivity index (χ3v) is 9.00. The number of pyridine rings is 1. The molecule has 7 aromatic carbocycles. The number of nitrogens with zero attached hydrogens (tertiary/aromatic N) is 3. The molecule has 47 heavy (non-hydrogen) atoms. The highest BCUT2D eigenvalue weighted by atomic mass is 15.1. The molecule has 0 radical (unpaired) electrons. The van der Waals surface area contributed by atoms with Crippen LogP contribution in [0.5, 0.6) is 0 Å². The van der Waals surface area contributed by atoms with Crippen LogP contribution in [0.15, 0.2) is 176 Å². The van der Waals surface area contributed by atoms with Gasteiger partial charge in [0.15, 0.2) is 0 Å². The van der Waals surface area contributed by atoms with E-state index in [9.17, 15) is 0 Å². The number of para-hydroxylation sites is 2. The van der Waals surface area contributed by atoms with Crippen LogP contribution >= 0.6 is 0 Å². The third-order valence-electron chi connectivity index (χ3n) is 9.00. The minimum absolute atomic E-state index is 0.926. The number of aromatic nitrogens is 3. The average Bonchev–Trinajstić information content (AvgIpc) is 3.55. The summed E-state index contributed by atoms with van der Waals surface area (Å²) < 4.78 is 2.25. The maximum absolute atomic E-state index is 5.38. The van der Waals surface area contributed by atoms with Crippen LogP contribution in [0.4, 0.5) is 0 Å². The van der Waals surface area contributed by atoms with Gasteiger partial charge in [0.1, 0.15) is 5.82 Å². The van der Waals surface area contributed by atoms with Crippen LogP contribution in [-0.2, 0) is 0 Å². The quantitative estimate of drug-likeness (QED) is 0.184. The topological polar surface area (TPSA) is 30.7 Å². The van der Waals surface area contributed by atoms with Gasteiger partial charge in [-0.25, -0.2) is 9.97 Å². The largest absolute Gasteiger partial charge is 0.292 e. The van der Waals surface area contributed by atoms with Crippen molar-refractivity contribution in [2.24, 2.45) is 0 Å². The van der Waals surface area contributed by atoms with Crippen molar-refractivity contribution in [3.63, 3.8) is 0 Å². The van der Waals surface area contributed by atoms with Gasteiger partial charge in [-0.15, -0.1) is 0 Å². The van der Waals surface area contributed by atoms with Crippen molar-refractivity contribution in [2.45, 2.75) is 0 Å². The highest BCUT2D eigenvalue weighted by Crippen LogP contribution is 2.40. The molecule has 220 valence electrons. The molecule has 3 heteroatoms. The lowest BCUT2D eigenvalue weighted by atomic mass is 9.91. The van der Waals surface area contributed by atoms with Gasteiger partial charge in [0.25, 0.3) is 0 Å². The molecular weight excluding hydrogens is 571 g/mol. The fraction of sp³-hybridized carbons (Fsp3) is 0. The summed E-state index contributed by atoms with van der Waals surface area (Å²) in [6.07, 6.45) is 0. The molecule has 0 fully saturated rings. The zero-order valence-electron chi connectivity index (χ0n) is 25.6. The average molecular weight is 600 g/mol. The lowest BCUT2D eigenvalue weighted by molar-refractivity contribution is 1.10. The fourth-order valence-electron chi connectivity index (χ4n) is 6.76. The van der Waals surface area contributed by atoms with Crippen LogP contribution in [0.25, 0.3) is 83.3 Å². The number of benzene rings is 7. The SMILES string of the molecule is c1ccc(-c2cc3c(-c4ccccc4)cc(-c4ccc(-n5c(-c6ccccc6)nc6ccccc65)cc4)nc3c3ccccc23)cc1. The normalized spacial score (nSPS) is 11.4. The second kappa shape index (κ2) is 11.2. The summed E-state index contributed by atoms with van der Waals surface area (Å²) >= 11 is 0. The summed E-state index contributed by atoms with van der Waals surface area (Å²) in [4.78, 5) is 10.4. The predicted octanol–water partition coefficient (Wildman–Crippen LogP) is 11.4. The van der Waals surface area contributed by atoms with Crippen molar-refractivity contribution >= 4 is 32.7 Å². The minimum Gasteiger partial charge on any atom is -0.292 e. The number of hydrogen-bond acceptors (Lipinski definition) is 2. The Morgan fingerprint density at radius 2 is 0.936 bits per heavy atom. The molecular formula is C44H29N3. The lowest BCUT2D eigenvalue weighted by Gasteiger charge is -2.16. The van der Waals surface area contributed by atoms with Gasteiger partial charge in [-0.3, -0.25) is 4.57 Å². The zero-order chi connectivity index (χ0) is 31.2. The summed E-state index contributed by atoms with van der Waals surface area (Å²) in [7, 11) is 0. The first kappa shape index (κ1) is 27.0. The second-order valence-corrected chi connectivity index (χ2v) is 11.8. The molecule has 0 spiro atoms. The zero-order valence-corrected chi connectivity index (χ0v) is 25.6. The van der Waals surface area contributed by atoms with Gasteiger partial charge in [0.05, 0.1) is 22.2 Å². The van der Waals surface area contributed by atoms with Crippen molar-refractivity contribution in [3.05, 3.63) is 176 Å². The third kappa shape index (κ3) is 4.68. The highest BCUT2D eigenvalue weighted by Gasteiger charge is 2.17. The molecule has 0 N–H and O–H groups in total. The Bertz CT molecular complexity index is 2530. The van der Waals surface area contributed by atoms with Crippen LogP contribution in [0.2, 0.25) is 0 Å². The molecule has 0 saturated carbocycles. The Labute approximate surface area is 273 Å². The summed E-state index contributed by atoms with van der Waals surface area (Å²) in [6.45, 7) is 0. The minimum atomic E-state index is 0.926. The molecule has 0 bridgehead atoms. The number of rotatable bonds is 5. The lowest BCUT2D eigenvalue weighted by Crippen LogP contribution is -1.98. The molecule has 0 saturated heterocycles. The van der Waals surface area contributed by atoms with E-state index in [-0.39, 0.29) is 0 Å². The van der Waals surface area contributed by atoms with Gasteiger partial charge in [0, 0.05) is 27.6 Å². The maximum atomic E-state index is 5.38. The smallest absolute Gasteiger partial charge is 0.145 e. The Kier molecular flexibility index (Phi) is 6.46. The van der Waals surface area contributed by atoms with Gasteiger partial charge in [0.2, 0.25) is 0 Å². The maximum Gasteiger partial charge on any atom is 0.145 e. The van der Waals surface area contributed by atoms with Crippen molar-refractivity contribution < 1.29 is 0 Å². The highest BCUT2D eigenvalue weighted by molar-refractivity contribution is 6.16. The summed E-state index contributed by atoms with van der Waals surface area (Å²) in [5, 5.41) is 3.49. The van der Waals surface area contributed by atoms with Crippen molar-refractivity contribution in [2.75, 3.05) is 0 Å². The van der Waals surface area contributed by atoms with Crippen molar-refractivity contribution in [3.8, 4) is 50.6 Å². The predicted molar refractivity (Wildman–Crippen MR) is 196 cm³/mol. The van der Waals surface area contributed by atoms with Gasteiger partial charge in [-0.05, 0) is 64.0 Å². The van der Waals surface area contributed by atoms with E-state index in [1.165, 1.54) is 27.6 Å². The molecule has 3 nitrogen and oxygen atoms in total. The van der Waals surface area contributed by atoms with Gasteiger partial charge < -0.3 is 0 Å². The molecule has 2 heterocycles. The van der Waals surface area contributed by atoms with Gasteiger partial charge in [-0.1, -0.05) is 140 Å². The van der Waals surface area contributed by atoms with Crippen LogP contribution < -0.4 is 0 Å². The van der Waals surface area contributed by atoms with E-state index in [4.69, 9.17) is 9.97 Å². The Balaban J connectivity index is 1.25. The Morgan fingerprint density at radius 3 is 1.62 bits per heavy atom. The monoisotopic (exact) mass is 599 g/mol. The van der Waals surface area contributed by atoms with Crippen LogP contribution in [-0.4, -0.2) is 14.5 Å². The number of fused-ring (bicyclic) bond motifs is 4. The van der Waals surface area contributed by atoms with E-state index in [1.54, 1.807) is 0 Å². The van der Waals surface area contributed by atoms with Crippen LogP contribution in [0.3, 0.4) is 0 Å². The summed E-state index contributed by atoms with van der Waals surface area (Å²) in [5.74, 6) is 0.926. The molecule has 0 unspecified atom stereocenters. The molecule has 0 aliphatic rings. The van der Waals surface area contributed by atoms with E-state index in [2.05, 4.69) is 168 Å². The van der Waals surface area contributed by atoms with Crippen molar-refractivity contribution in [1.29, 1.82) is 0 Å². The fourth-order valence-corrected chi connectivity index (χ4v) is 6.76. The molecule has 0 amide bonds. The molecule has 0 aliphatic heterocycles. The summed E-state index contributed by atoms with van der Waals surface area (Å²) in [6, 6.07) is 62.0. The van der Waals surface area contributed by atoms with E-state index in [0.717, 1.165) is 55.7 Å². The molecule has 0 atom stereocenters. The van der Waals surface area contributed by atoms with E-state index >= 15 is 0 Å². The van der Waals surface area contributed by atoms with E-state index in [0.29, 0.717) is 0 Å². The van der Waals surface area contributed by atoms with Crippen molar-refractivity contribution in [1.82, 2.24) is 14.5 Å². The van der Waals surface area contributed by atoms with E-state index < -0.39 is 0 Å². The van der Waals surface area contributed by atoms with Crippen LogP contribution in [0, 0.1) is 0 Å².